The Kier molecular flexibility index (Phi) is 3.31. The number of benzene rings is 1. The molecule has 16 heavy (non-hydrogen) atoms. The minimum atomic E-state index is -0.646. The molecular formula is C12H17NO3. The van der Waals surface area contributed by atoms with Crippen molar-refractivity contribution in [2.75, 3.05) is 13.7 Å². The van der Waals surface area contributed by atoms with E-state index in [1.54, 1.807) is 25.3 Å². The molecule has 2 rings (SSSR count). The molecule has 88 valence electrons. The number of nitrogens with two attached hydrogens (primary N) is 1. The Labute approximate surface area is 95.0 Å². The molecule has 1 aliphatic carbocycles. The van der Waals surface area contributed by atoms with E-state index in [9.17, 15) is 5.11 Å². The molecule has 0 aromatic heterocycles. The lowest BCUT2D eigenvalue weighted by Crippen LogP contribution is -2.11. The molecule has 0 radical (unpaired) electrons. The standard InChI is InChI=1S/C12H17NO3/c1-15-11-5-2-8(10(14)7-13)6-12(11)16-9-3-4-9/h2,5-6,9-10,14H,3-4,7,13H2,1H3. The molecule has 0 heterocycles. The molecule has 1 aromatic rings. The first kappa shape index (κ1) is 11.2. The van der Waals surface area contributed by atoms with E-state index in [4.69, 9.17) is 15.2 Å². The normalized spacial score (nSPS) is 16.9. The van der Waals surface area contributed by atoms with Gasteiger partial charge in [-0.1, -0.05) is 6.07 Å². The first-order valence-electron chi connectivity index (χ1n) is 5.47. The fourth-order valence-corrected chi connectivity index (χ4v) is 1.49. The minimum absolute atomic E-state index is 0.204. The van der Waals surface area contributed by atoms with Crippen LogP contribution in [0.5, 0.6) is 11.5 Å². The summed E-state index contributed by atoms with van der Waals surface area (Å²) in [5, 5.41) is 9.65. The van der Waals surface area contributed by atoms with Crippen LogP contribution in [0.4, 0.5) is 0 Å². The monoisotopic (exact) mass is 223 g/mol. The Morgan fingerprint density at radius 1 is 1.44 bits per heavy atom. The van der Waals surface area contributed by atoms with Crippen molar-refractivity contribution in [3.63, 3.8) is 0 Å². The van der Waals surface area contributed by atoms with Gasteiger partial charge in [0.2, 0.25) is 0 Å². The molecular weight excluding hydrogens is 206 g/mol. The summed E-state index contributed by atoms with van der Waals surface area (Å²) in [6.45, 7) is 0.204. The maximum absolute atomic E-state index is 9.65. The third-order valence-electron chi connectivity index (χ3n) is 2.61. The summed E-state index contributed by atoms with van der Waals surface area (Å²) < 4.78 is 10.9. The lowest BCUT2D eigenvalue weighted by Gasteiger charge is -2.14. The van der Waals surface area contributed by atoms with Gasteiger partial charge in [0.15, 0.2) is 11.5 Å². The second-order valence-corrected chi connectivity index (χ2v) is 3.98. The second-order valence-electron chi connectivity index (χ2n) is 3.98. The van der Waals surface area contributed by atoms with Gasteiger partial charge >= 0.3 is 0 Å². The van der Waals surface area contributed by atoms with Gasteiger partial charge in [-0.3, -0.25) is 0 Å². The van der Waals surface area contributed by atoms with Crippen molar-refractivity contribution in [2.24, 2.45) is 5.73 Å². The summed E-state index contributed by atoms with van der Waals surface area (Å²) in [4.78, 5) is 0. The van der Waals surface area contributed by atoms with Crippen LogP contribution in [0.2, 0.25) is 0 Å². The molecule has 0 spiro atoms. The van der Waals surface area contributed by atoms with Crippen LogP contribution < -0.4 is 15.2 Å². The van der Waals surface area contributed by atoms with Crippen molar-refractivity contribution < 1.29 is 14.6 Å². The SMILES string of the molecule is COc1ccc(C(O)CN)cc1OC1CC1. The number of ether oxygens (including phenoxy) is 2. The highest BCUT2D eigenvalue weighted by Crippen LogP contribution is 2.35. The van der Waals surface area contributed by atoms with Crippen LogP contribution in [0.25, 0.3) is 0 Å². The predicted octanol–water partition coefficient (Wildman–Crippen LogP) is 1.23. The van der Waals surface area contributed by atoms with Crippen molar-refractivity contribution >= 4 is 0 Å². The summed E-state index contributed by atoms with van der Waals surface area (Å²) in [5.41, 5.74) is 6.18. The van der Waals surface area contributed by atoms with Gasteiger partial charge in [-0.05, 0) is 30.5 Å². The topological polar surface area (TPSA) is 64.7 Å². The lowest BCUT2D eigenvalue weighted by molar-refractivity contribution is 0.185. The number of hydrogen-bond donors (Lipinski definition) is 2. The Bertz CT molecular complexity index is 363. The summed E-state index contributed by atoms with van der Waals surface area (Å²) in [6.07, 6.45) is 1.84. The van der Waals surface area contributed by atoms with Crippen molar-refractivity contribution in [2.45, 2.75) is 25.0 Å². The Balaban J connectivity index is 2.22. The summed E-state index contributed by atoms with van der Waals surface area (Å²) in [6, 6.07) is 5.40. The number of rotatable bonds is 5. The predicted molar refractivity (Wildman–Crippen MR) is 60.7 cm³/mol. The molecule has 0 aliphatic heterocycles. The average molecular weight is 223 g/mol. The second kappa shape index (κ2) is 4.72. The van der Waals surface area contributed by atoms with Crippen LogP contribution in [0.1, 0.15) is 24.5 Å². The Morgan fingerprint density at radius 2 is 2.19 bits per heavy atom. The van der Waals surface area contributed by atoms with Gasteiger partial charge in [0, 0.05) is 6.54 Å². The highest BCUT2D eigenvalue weighted by atomic mass is 16.5. The van der Waals surface area contributed by atoms with Crippen molar-refractivity contribution in [3.8, 4) is 11.5 Å². The molecule has 4 nitrogen and oxygen atoms in total. The molecule has 1 aromatic carbocycles. The molecule has 0 bridgehead atoms. The lowest BCUT2D eigenvalue weighted by atomic mass is 10.1. The van der Waals surface area contributed by atoms with Gasteiger partial charge in [-0.15, -0.1) is 0 Å². The molecule has 1 aliphatic rings. The first-order chi connectivity index (χ1) is 7.74. The van der Waals surface area contributed by atoms with Crippen LogP contribution in [-0.4, -0.2) is 24.9 Å². The van der Waals surface area contributed by atoms with Gasteiger partial charge in [-0.25, -0.2) is 0 Å². The number of hydrogen-bond acceptors (Lipinski definition) is 4. The molecule has 0 amide bonds. The van der Waals surface area contributed by atoms with Gasteiger partial charge in [-0.2, -0.15) is 0 Å². The highest BCUT2D eigenvalue weighted by molar-refractivity contribution is 5.44. The van der Waals surface area contributed by atoms with Gasteiger partial charge in [0.25, 0.3) is 0 Å². The highest BCUT2D eigenvalue weighted by Gasteiger charge is 2.25. The van der Waals surface area contributed by atoms with E-state index in [1.807, 2.05) is 0 Å². The minimum Gasteiger partial charge on any atom is -0.493 e. The van der Waals surface area contributed by atoms with Crippen molar-refractivity contribution in [3.05, 3.63) is 23.8 Å². The summed E-state index contributed by atoms with van der Waals surface area (Å²) in [5.74, 6) is 1.38. The smallest absolute Gasteiger partial charge is 0.161 e. The van der Waals surface area contributed by atoms with Crippen LogP contribution in [0, 0.1) is 0 Å². The maximum Gasteiger partial charge on any atom is 0.161 e. The van der Waals surface area contributed by atoms with Gasteiger partial charge in [0.1, 0.15) is 0 Å². The summed E-state index contributed by atoms with van der Waals surface area (Å²) in [7, 11) is 1.61. The van der Waals surface area contributed by atoms with E-state index in [1.165, 1.54) is 0 Å². The zero-order chi connectivity index (χ0) is 11.5. The van der Waals surface area contributed by atoms with Crippen molar-refractivity contribution in [1.29, 1.82) is 0 Å². The Morgan fingerprint density at radius 3 is 2.75 bits per heavy atom. The third-order valence-corrected chi connectivity index (χ3v) is 2.61. The van der Waals surface area contributed by atoms with Crippen LogP contribution in [-0.2, 0) is 0 Å². The first-order valence-corrected chi connectivity index (χ1v) is 5.47. The molecule has 1 saturated carbocycles. The van der Waals surface area contributed by atoms with Gasteiger partial charge in [0.05, 0.1) is 19.3 Å². The van der Waals surface area contributed by atoms with E-state index in [-0.39, 0.29) is 6.54 Å². The van der Waals surface area contributed by atoms with E-state index in [2.05, 4.69) is 0 Å². The quantitative estimate of drug-likeness (QED) is 0.788. The zero-order valence-electron chi connectivity index (χ0n) is 9.35. The van der Waals surface area contributed by atoms with Crippen LogP contribution >= 0.6 is 0 Å². The molecule has 1 fully saturated rings. The average Bonchev–Trinajstić information content (AvgIpc) is 3.12. The number of methoxy groups -OCH3 is 1. The molecule has 3 N–H and O–H groups in total. The number of aliphatic hydroxyl groups excluding tert-OH is 1. The summed E-state index contributed by atoms with van der Waals surface area (Å²) >= 11 is 0. The molecule has 1 atom stereocenters. The van der Waals surface area contributed by atoms with E-state index < -0.39 is 6.10 Å². The Hall–Kier alpha value is -1.26. The van der Waals surface area contributed by atoms with Crippen LogP contribution in [0.15, 0.2) is 18.2 Å². The van der Waals surface area contributed by atoms with E-state index in [0.29, 0.717) is 17.6 Å². The fraction of sp³-hybridized carbons (Fsp3) is 0.500. The molecule has 0 saturated heterocycles. The largest absolute Gasteiger partial charge is 0.493 e. The maximum atomic E-state index is 9.65. The molecule has 4 heteroatoms. The number of aliphatic hydroxyl groups is 1. The zero-order valence-corrected chi connectivity index (χ0v) is 9.35. The fourth-order valence-electron chi connectivity index (χ4n) is 1.49. The van der Waals surface area contributed by atoms with Crippen molar-refractivity contribution in [1.82, 2.24) is 0 Å². The third kappa shape index (κ3) is 2.46. The van der Waals surface area contributed by atoms with E-state index in [0.717, 1.165) is 18.4 Å². The van der Waals surface area contributed by atoms with Gasteiger partial charge < -0.3 is 20.3 Å². The van der Waals surface area contributed by atoms with Crippen LogP contribution in [0.3, 0.4) is 0 Å². The molecule has 1 unspecified atom stereocenters. The van der Waals surface area contributed by atoms with E-state index >= 15 is 0 Å².